The molecule has 1 unspecified atom stereocenters. The van der Waals surface area contributed by atoms with Gasteiger partial charge in [-0.1, -0.05) is 6.07 Å². The first-order valence-corrected chi connectivity index (χ1v) is 5.57. The molecule has 2 aromatic rings. The number of rotatable bonds is 3. The van der Waals surface area contributed by atoms with Gasteiger partial charge in [-0.05, 0) is 30.7 Å². The summed E-state index contributed by atoms with van der Waals surface area (Å²) < 4.78 is 0. The number of carbonyl (C=O) groups excluding carboxylic acids is 1. The Balaban J connectivity index is 2.11. The maximum absolute atomic E-state index is 11.9. The zero-order valence-electron chi connectivity index (χ0n) is 9.88. The first-order chi connectivity index (χ1) is 8.66. The van der Waals surface area contributed by atoms with Crippen molar-refractivity contribution in [1.82, 2.24) is 15.3 Å². The van der Waals surface area contributed by atoms with Crippen molar-refractivity contribution in [2.24, 2.45) is 0 Å². The van der Waals surface area contributed by atoms with E-state index in [1.54, 1.807) is 24.5 Å². The van der Waals surface area contributed by atoms with Gasteiger partial charge < -0.3 is 10.3 Å². The molecular weight excluding hydrogens is 230 g/mol. The van der Waals surface area contributed by atoms with Crippen molar-refractivity contribution < 1.29 is 4.79 Å². The lowest BCUT2D eigenvalue weighted by molar-refractivity contribution is 0.0934. The highest BCUT2D eigenvalue weighted by molar-refractivity contribution is 5.92. The minimum absolute atomic E-state index is 0.149. The molecule has 18 heavy (non-hydrogen) atoms. The predicted molar refractivity (Wildman–Crippen MR) is 67.2 cm³/mol. The summed E-state index contributed by atoms with van der Waals surface area (Å²) in [5.41, 5.74) is 0.916. The molecule has 0 aromatic carbocycles. The third kappa shape index (κ3) is 2.82. The smallest absolute Gasteiger partial charge is 0.268 e. The topological polar surface area (TPSA) is 74.8 Å². The average molecular weight is 243 g/mol. The molecule has 0 saturated carbocycles. The lowest BCUT2D eigenvalue weighted by Gasteiger charge is -2.13. The summed E-state index contributed by atoms with van der Waals surface area (Å²) in [7, 11) is 0. The number of hydrogen-bond acceptors (Lipinski definition) is 3. The molecular formula is C13H13N3O2. The molecule has 2 heterocycles. The Hall–Kier alpha value is -2.43. The molecule has 5 heteroatoms. The average Bonchev–Trinajstić information content (AvgIpc) is 2.39. The Morgan fingerprint density at radius 3 is 2.67 bits per heavy atom. The summed E-state index contributed by atoms with van der Waals surface area (Å²) in [5.74, 6) is -0.308. The van der Waals surface area contributed by atoms with E-state index in [9.17, 15) is 9.59 Å². The Bertz CT molecular complexity index is 592. The van der Waals surface area contributed by atoms with E-state index >= 15 is 0 Å². The zero-order valence-corrected chi connectivity index (χ0v) is 9.88. The highest BCUT2D eigenvalue weighted by Gasteiger charge is 2.11. The van der Waals surface area contributed by atoms with E-state index in [-0.39, 0.29) is 23.2 Å². The second-order valence-electron chi connectivity index (χ2n) is 3.90. The summed E-state index contributed by atoms with van der Waals surface area (Å²) in [6.07, 6.45) is 3.34. The van der Waals surface area contributed by atoms with Gasteiger partial charge in [-0.2, -0.15) is 0 Å². The molecule has 2 rings (SSSR count). The van der Waals surface area contributed by atoms with Gasteiger partial charge in [0.05, 0.1) is 6.04 Å². The fourth-order valence-electron chi connectivity index (χ4n) is 1.59. The largest absolute Gasteiger partial charge is 0.344 e. The van der Waals surface area contributed by atoms with Gasteiger partial charge in [-0.25, -0.2) is 0 Å². The van der Waals surface area contributed by atoms with E-state index in [1.165, 1.54) is 6.07 Å². The molecule has 0 radical (unpaired) electrons. The van der Waals surface area contributed by atoms with E-state index in [1.807, 2.05) is 19.1 Å². The number of carbonyl (C=O) groups is 1. The Kier molecular flexibility index (Phi) is 3.52. The zero-order chi connectivity index (χ0) is 13.0. The lowest BCUT2D eigenvalue weighted by atomic mass is 10.1. The number of amides is 1. The van der Waals surface area contributed by atoms with Crippen molar-refractivity contribution in [3.05, 3.63) is 64.3 Å². The normalized spacial score (nSPS) is 11.8. The highest BCUT2D eigenvalue weighted by atomic mass is 16.2. The van der Waals surface area contributed by atoms with Crippen molar-refractivity contribution in [2.45, 2.75) is 13.0 Å². The molecule has 1 atom stereocenters. The third-order valence-corrected chi connectivity index (χ3v) is 2.57. The van der Waals surface area contributed by atoms with Crippen LogP contribution in [0.3, 0.4) is 0 Å². The molecule has 5 nitrogen and oxygen atoms in total. The number of nitrogens with zero attached hydrogens (tertiary/aromatic N) is 1. The molecule has 0 aliphatic carbocycles. The predicted octanol–water partition coefficient (Wildman–Crippen LogP) is 1.26. The Labute approximate surface area is 104 Å². The molecule has 0 bridgehead atoms. The van der Waals surface area contributed by atoms with Crippen LogP contribution in [-0.4, -0.2) is 15.9 Å². The van der Waals surface area contributed by atoms with Gasteiger partial charge in [0.2, 0.25) is 5.56 Å². The van der Waals surface area contributed by atoms with Crippen LogP contribution in [0.5, 0.6) is 0 Å². The number of pyridine rings is 2. The first kappa shape index (κ1) is 12.0. The minimum atomic E-state index is -0.308. The first-order valence-electron chi connectivity index (χ1n) is 5.57. The number of H-pyrrole nitrogens is 1. The van der Waals surface area contributed by atoms with Gasteiger partial charge in [0, 0.05) is 18.5 Å². The number of aromatic amines is 1. The molecule has 0 aliphatic heterocycles. The molecule has 0 aliphatic rings. The minimum Gasteiger partial charge on any atom is -0.344 e. The van der Waals surface area contributed by atoms with Crippen LogP contribution in [0.4, 0.5) is 0 Å². The van der Waals surface area contributed by atoms with Crippen LogP contribution in [0, 0.1) is 0 Å². The van der Waals surface area contributed by atoms with Crippen molar-refractivity contribution in [2.75, 3.05) is 0 Å². The lowest BCUT2D eigenvalue weighted by Crippen LogP contribution is -2.28. The van der Waals surface area contributed by atoms with Crippen LogP contribution in [0.1, 0.15) is 29.0 Å². The van der Waals surface area contributed by atoms with Crippen LogP contribution in [-0.2, 0) is 0 Å². The van der Waals surface area contributed by atoms with Crippen LogP contribution in [0.15, 0.2) is 47.5 Å². The molecule has 0 fully saturated rings. The van der Waals surface area contributed by atoms with E-state index in [2.05, 4.69) is 15.3 Å². The van der Waals surface area contributed by atoms with Crippen molar-refractivity contribution >= 4 is 5.91 Å². The van der Waals surface area contributed by atoms with Crippen LogP contribution < -0.4 is 10.9 Å². The second-order valence-corrected chi connectivity index (χ2v) is 3.90. The van der Waals surface area contributed by atoms with Gasteiger partial charge >= 0.3 is 0 Å². The molecule has 2 aromatic heterocycles. The molecule has 92 valence electrons. The maximum atomic E-state index is 11.9. The van der Waals surface area contributed by atoms with Crippen LogP contribution in [0.2, 0.25) is 0 Å². The van der Waals surface area contributed by atoms with Gasteiger partial charge in [0.25, 0.3) is 5.91 Å². The van der Waals surface area contributed by atoms with Crippen molar-refractivity contribution in [3.63, 3.8) is 0 Å². The summed E-state index contributed by atoms with van der Waals surface area (Å²) in [5, 5.41) is 2.80. The number of nitrogens with one attached hydrogen (secondary N) is 2. The summed E-state index contributed by atoms with van der Waals surface area (Å²) in [4.78, 5) is 29.4. The molecule has 2 N–H and O–H groups in total. The fourth-order valence-corrected chi connectivity index (χ4v) is 1.59. The molecule has 0 spiro atoms. The highest BCUT2D eigenvalue weighted by Crippen LogP contribution is 2.10. The molecule has 0 saturated heterocycles. The van der Waals surface area contributed by atoms with Crippen LogP contribution >= 0.6 is 0 Å². The van der Waals surface area contributed by atoms with Gasteiger partial charge in [0.15, 0.2) is 0 Å². The quantitative estimate of drug-likeness (QED) is 0.852. The van der Waals surface area contributed by atoms with Gasteiger partial charge in [0.1, 0.15) is 5.69 Å². The number of hydrogen-bond donors (Lipinski definition) is 2. The van der Waals surface area contributed by atoms with E-state index < -0.39 is 0 Å². The molecule has 1 amide bonds. The summed E-state index contributed by atoms with van der Waals surface area (Å²) in [6, 6.07) is 7.99. The Morgan fingerprint density at radius 2 is 2.00 bits per heavy atom. The van der Waals surface area contributed by atoms with Crippen LogP contribution in [0.25, 0.3) is 0 Å². The summed E-state index contributed by atoms with van der Waals surface area (Å²) in [6.45, 7) is 1.87. The Morgan fingerprint density at radius 1 is 1.28 bits per heavy atom. The summed E-state index contributed by atoms with van der Waals surface area (Å²) >= 11 is 0. The van der Waals surface area contributed by atoms with E-state index in [0.29, 0.717) is 0 Å². The van der Waals surface area contributed by atoms with Gasteiger partial charge in [-0.15, -0.1) is 0 Å². The van der Waals surface area contributed by atoms with E-state index in [0.717, 1.165) is 5.56 Å². The third-order valence-electron chi connectivity index (χ3n) is 2.57. The van der Waals surface area contributed by atoms with Crippen molar-refractivity contribution in [1.29, 1.82) is 0 Å². The maximum Gasteiger partial charge on any atom is 0.268 e. The standard InChI is InChI=1S/C13H13N3O2/c1-9(10-5-7-14-8-6-10)15-13(18)11-3-2-4-12(17)16-11/h2-9H,1H3,(H,15,18)(H,16,17). The van der Waals surface area contributed by atoms with Gasteiger partial charge in [-0.3, -0.25) is 14.6 Å². The fraction of sp³-hybridized carbons (Fsp3) is 0.154. The monoisotopic (exact) mass is 243 g/mol. The van der Waals surface area contributed by atoms with E-state index in [4.69, 9.17) is 0 Å². The second kappa shape index (κ2) is 5.27. The number of aromatic nitrogens is 2. The van der Waals surface area contributed by atoms with Crippen molar-refractivity contribution in [3.8, 4) is 0 Å². The SMILES string of the molecule is CC(NC(=O)c1cccc(=O)[nH]1)c1ccncc1.